The van der Waals surface area contributed by atoms with Gasteiger partial charge in [0.25, 0.3) is 0 Å². The van der Waals surface area contributed by atoms with Crippen molar-refractivity contribution in [1.82, 2.24) is 4.90 Å². The van der Waals surface area contributed by atoms with E-state index in [2.05, 4.69) is 0 Å². The zero-order chi connectivity index (χ0) is 12.3. The maximum absolute atomic E-state index is 13.4. The first kappa shape index (κ1) is 12.2. The molecule has 92 valence electrons. The van der Waals surface area contributed by atoms with Crippen LogP contribution in [0.3, 0.4) is 0 Å². The average molecular weight is 239 g/mol. The Morgan fingerprint density at radius 2 is 1.71 bits per heavy atom. The Labute approximate surface area is 99.2 Å². The highest BCUT2D eigenvalue weighted by molar-refractivity contribution is 5.98. The summed E-state index contributed by atoms with van der Waals surface area (Å²) in [6, 6.07) is 3.50. The van der Waals surface area contributed by atoms with E-state index in [1.165, 1.54) is 12.5 Å². The van der Waals surface area contributed by atoms with Crippen molar-refractivity contribution >= 4 is 5.78 Å². The van der Waals surface area contributed by atoms with Crippen molar-refractivity contribution < 1.29 is 13.6 Å². The molecule has 17 heavy (non-hydrogen) atoms. The van der Waals surface area contributed by atoms with Gasteiger partial charge in [0.2, 0.25) is 0 Å². The molecule has 0 bridgehead atoms. The van der Waals surface area contributed by atoms with Gasteiger partial charge in [-0.15, -0.1) is 0 Å². The van der Waals surface area contributed by atoms with Crippen LogP contribution in [-0.4, -0.2) is 30.3 Å². The van der Waals surface area contributed by atoms with Gasteiger partial charge in [0.05, 0.1) is 12.1 Å². The van der Waals surface area contributed by atoms with E-state index >= 15 is 0 Å². The van der Waals surface area contributed by atoms with E-state index in [-0.39, 0.29) is 6.54 Å². The van der Waals surface area contributed by atoms with E-state index < -0.39 is 23.0 Å². The third-order valence-electron chi connectivity index (χ3n) is 3.06. The lowest BCUT2D eigenvalue weighted by Crippen LogP contribution is -2.35. The smallest absolute Gasteiger partial charge is 0.182 e. The Hall–Kier alpha value is -1.29. The fraction of sp³-hybridized carbons (Fsp3) is 0.462. The quantitative estimate of drug-likeness (QED) is 0.756. The Balaban J connectivity index is 2.08. The van der Waals surface area contributed by atoms with Crippen LogP contribution in [0.4, 0.5) is 8.78 Å². The lowest BCUT2D eigenvalue weighted by atomic mass is 10.1. The fourth-order valence-electron chi connectivity index (χ4n) is 2.16. The molecule has 0 saturated carbocycles. The van der Waals surface area contributed by atoms with Crippen LogP contribution in [0.25, 0.3) is 0 Å². The summed E-state index contributed by atoms with van der Waals surface area (Å²) in [5.41, 5.74) is -0.405. The SMILES string of the molecule is O=C(CN1CCCCC1)c1c(F)cccc1F. The maximum atomic E-state index is 13.4. The van der Waals surface area contributed by atoms with Crippen molar-refractivity contribution in [3.8, 4) is 0 Å². The zero-order valence-corrected chi connectivity index (χ0v) is 9.59. The highest BCUT2D eigenvalue weighted by Gasteiger charge is 2.20. The van der Waals surface area contributed by atoms with E-state index in [9.17, 15) is 13.6 Å². The van der Waals surface area contributed by atoms with Crippen molar-refractivity contribution in [1.29, 1.82) is 0 Å². The van der Waals surface area contributed by atoms with Gasteiger partial charge in [-0.2, -0.15) is 0 Å². The van der Waals surface area contributed by atoms with Crippen LogP contribution in [0.15, 0.2) is 18.2 Å². The third kappa shape index (κ3) is 2.88. The van der Waals surface area contributed by atoms with Crippen LogP contribution < -0.4 is 0 Å². The highest BCUT2D eigenvalue weighted by Crippen LogP contribution is 2.15. The van der Waals surface area contributed by atoms with Gasteiger partial charge in [0.1, 0.15) is 11.6 Å². The number of piperidine rings is 1. The lowest BCUT2D eigenvalue weighted by Gasteiger charge is -2.25. The molecule has 1 aromatic carbocycles. The number of likely N-dealkylation sites (tertiary alicyclic amines) is 1. The maximum Gasteiger partial charge on any atom is 0.182 e. The largest absolute Gasteiger partial charge is 0.296 e. The monoisotopic (exact) mass is 239 g/mol. The molecule has 2 rings (SSSR count). The van der Waals surface area contributed by atoms with E-state index in [1.54, 1.807) is 0 Å². The number of carbonyl (C=O) groups is 1. The summed E-state index contributed by atoms with van der Waals surface area (Å²) in [7, 11) is 0. The average Bonchev–Trinajstić information content (AvgIpc) is 2.30. The Morgan fingerprint density at radius 1 is 1.12 bits per heavy atom. The first-order chi connectivity index (χ1) is 8.18. The van der Waals surface area contributed by atoms with Gasteiger partial charge in [0, 0.05) is 0 Å². The molecule has 1 heterocycles. The lowest BCUT2D eigenvalue weighted by molar-refractivity contribution is 0.0907. The van der Waals surface area contributed by atoms with Crippen LogP contribution in [0, 0.1) is 11.6 Å². The molecule has 0 radical (unpaired) electrons. The molecule has 1 aliphatic heterocycles. The van der Waals surface area contributed by atoms with Gasteiger partial charge in [-0.3, -0.25) is 9.69 Å². The minimum atomic E-state index is -0.771. The number of hydrogen-bond donors (Lipinski definition) is 0. The minimum Gasteiger partial charge on any atom is -0.296 e. The third-order valence-corrected chi connectivity index (χ3v) is 3.06. The molecule has 0 amide bonds. The Kier molecular flexibility index (Phi) is 3.84. The van der Waals surface area contributed by atoms with Gasteiger partial charge < -0.3 is 0 Å². The predicted molar refractivity (Wildman–Crippen MR) is 61.0 cm³/mol. The second-order valence-electron chi connectivity index (χ2n) is 4.36. The van der Waals surface area contributed by atoms with Crippen molar-refractivity contribution in [2.24, 2.45) is 0 Å². The molecule has 0 spiro atoms. The molecular formula is C13H15F2NO. The second-order valence-corrected chi connectivity index (χ2v) is 4.36. The molecule has 0 aromatic heterocycles. The van der Waals surface area contributed by atoms with Gasteiger partial charge in [-0.25, -0.2) is 8.78 Å². The number of benzene rings is 1. The first-order valence-corrected chi connectivity index (χ1v) is 5.88. The summed E-state index contributed by atoms with van der Waals surface area (Å²) in [6.45, 7) is 1.78. The normalized spacial score (nSPS) is 17.1. The second kappa shape index (κ2) is 5.36. The molecule has 2 nitrogen and oxygen atoms in total. The highest BCUT2D eigenvalue weighted by atomic mass is 19.1. The van der Waals surface area contributed by atoms with Crippen molar-refractivity contribution in [3.05, 3.63) is 35.4 Å². The van der Waals surface area contributed by atoms with Crippen molar-refractivity contribution in [2.75, 3.05) is 19.6 Å². The molecule has 4 heteroatoms. The zero-order valence-electron chi connectivity index (χ0n) is 9.59. The number of hydrogen-bond acceptors (Lipinski definition) is 2. The Bertz CT molecular complexity index is 394. The Morgan fingerprint density at radius 3 is 2.29 bits per heavy atom. The van der Waals surface area contributed by atoms with Crippen LogP contribution in [0.5, 0.6) is 0 Å². The van der Waals surface area contributed by atoms with Gasteiger partial charge in [-0.05, 0) is 38.1 Å². The molecule has 0 N–H and O–H groups in total. The van der Waals surface area contributed by atoms with Crippen LogP contribution in [0.1, 0.15) is 29.6 Å². The van der Waals surface area contributed by atoms with Gasteiger partial charge in [0.15, 0.2) is 5.78 Å². The van der Waals surface area contributed by atoms with Crippen molar-refractivity contribution in [3.63, 3.8) is 0 Å². The van der Waals surface area contributed by atoms with E-state index in [4.69, 9.17) is 0 Å². The standard InChI is InChI=1S/C13H15F2NO/c14-10-5-4-6-11(15)13(10)12(17)9-16-7-2-1-3-8-16/h4-6H,1-3,7-9H2. The summed E-state index contributed by atoms with van der Waals surface area (Å²) in [5, 5.41) is 0. The number of carbonyl (C=O) groups excluding carboxylic acids is 1. The molecular weight excluding hydrogens is 224 g/mol. The molecule has 1 saturated heterocycles. The van der Waals surface area contributed by atoms with Crippen LogP contribution >= 0.6 is 0 Å². The molecule has 0 atom stereocenters. The summed E-state index contributed by atoms with van der Waals surface area (Å²) < 4.78 is 26.8. The molecule has 1 aliphatic rings. The van der Waals surface area contributed by atoms with Crippen molar-refractivity contribution in [2.45, 2.75) is 19.3 Å². The number of Topliss-reactive ketones (excluding diaryl/α,β-unsaturated/α-hetero) is 1. The number of halogens is 2. The van der Waals surface area contributed by atoms with Gasteiger partial charge in [-0.1, -0.05) is 12.5 Å². The molecule has 0 unspecified atom stereocenters. The summed E-state index contributed by atoms with van der Waals surface area (Å²) in [6.07, 6.45) is 3.26. The molecule has 0 aliphatic carbocycles. The van der Waals surface area contributed by atoms with E-state index in [0.717, 1.165) is 38.1 Å². The summed E-state index contributed by atoms with van der Waals surface area (Å²) in [4.78, 5) is 13.8. The van der Waals surface area contributed by atoms with Crippen LogP contribution in [0.2, 0.25) is 0 Å². The minimum absolute atomic E-state index is 0.109. The number of ketones is 1. The topological polar surface area (TPSA) is 20.3 Å². The predicted octanol–water partition coefficient (Wildman–Crippen LogP) is 2.63. The number of rotatable bonds is 3. The molecule has 1 fully saturated rings. The summed E-state index contributed by atoms with van der Waals surface area (Å²) >= 11 is 0. The fourth-order valence-corrected chi connectivity index (χ4v) is 2.16. The molecule has 1 aromatic rings. The van der Waals surface area contributed by atoms with Gasteiger partial charge >= 0.3 is 0 Å². The number of nitrogens with zero attached hydrogens (tertiary/aromatic N) is 1. The first-order valence-electron chi connectivity index (χ1n) is 5.88. The summed E-state index contributed by atoms with van der Waals surface area (Å²) in [5.74, 6) is -2.01. The van der Waals surface area contributed by atoms with E-state index in [1.807, 2.05) is 4.90 Å². The van der Waals surface area contributed by atoms with Crippen LogP contribution in [-0.2, 0) is 0 Å². The van der Waals surface area contributed by atoms with E-state index in [0.29, 0.717) is 0 Å².